The van der Waals surface area contributed by atoms with Crippen LogP contribution in [0, 0.1) is 11.7 Å². The van der Waals surface area contributed by atoms with E-state index in [-0.39, 0.29) is 29.8 Å². The van der Waals surface area contributed by atoms with E-state index >= 15 is 0 Å². The van der Waals surface area contributed by atoms with Crippen molar-refractivity contribution < 1.29 is 22.0 Å². The molecule has 1 amide bonds. The molecule has 3 aromatic rings. The number of hydrogen-bond acceptors (Lipinski definition) is 6. The maximum absolute atomic E-state index is 13.9. The van der Waals surface area contributed by atoms with Gasteiger partial charge in [0.25, 0.3) is 0 Å². The quantitative estimate of drug-likeness (QED) is 0.667. The summed E-state index contributed by atoms with van der Waals surface area (Å²) in [6.45, 7) is 0.299. The highest BCUT2D eigenvalue weighted by Gasteiger charge is 2.33. The lowest BCUT2D eigenvalue weighted by Crippen LogP contribution is -2.41. The molecule has 1 aromatic heterocycles. The number of amides is 1. The van der Waals surface area contributed by atoms with Crippen molar-refractivity contribution in [1.29, 1.82) is 0 Å². The lowest BCUT2D eigenvalue weighted by atomic mass is 9.97. The van der Waals surface area contributed by atoms with Gasteiger partial charge in [0.2, 0.25) is 28.2 Å². The highest BCUT2D eigenvalue weighted by molar-refractivity contribution is 7.89. The van der Waals surface area contributed by atoms with Crippen LogP contribution in [0.15, 0.2) is 64.2 Å². The average Bonchev–Trinajstić information content (AvgIpc) is 3.29. The molecular weight excluding hydrogens is 411 g/mol. The van der Waals surface area contributed by atoms with Gasteiger partial charge in [-0.1, -0.05) is 18.2 Å². The van der Waals surface area contributed by atoms with Gasteiger partial charge in [-0.15, -0.1) is 10.2 Å². The van der Waals surface area contributed by atoms with Crippen molar-refractivity contribution in [3.63, 3.8) is 0 Å². The number of aromatic nitrogens is 2. The molecule has 2 aromatic carbocycles. The topological polar surface area (TPSA) is 105 Å². The minimum atomic E-state index is -3.93. The third-order valence-electron chi connectivity index (χ3n) is 5.02. The molecule has 1 fully saturated rings. The Kier molecular flexibility index (Phi) is 5.60. The van der Waals surface area contributed by atoms with Gasteiger partial charge in [-0.3, -0.25) is 4.79 Å². The number of piperidine rings is 1. The second-order valence-electron chi connectivity index (χ2n) is 6.92. The second-order valence-corrected chi connectivity index (χ2v) is 8.83. The van der Waals surface area contributed by atoms with Crippen molar-refractivity contribution in [2.45, 2.75) is 17.7 Å². The van der Waals surface area contributed by atoms with Gasteiger partial charge in [-0.2, -0.15) is 4.31 Å². The first-order valence-corrected chi connectivity index (χ1v) is 10.8. The number of halogens is 1. The monoisotopic (exact) mass is 430 g/mol. The largest absolute Gasteiger partial charge is 0.423 e. The summed E-state index contributed by atoms with van der Waals surface area (Å²) in [7, 11) is -3.93. The van der Waals surface area contributed by atoms with Crippen LogP contribution in [-0.4, -0.2) is 41.9 Å². The number of rotatable bonds is 5. The summed E-state index contributed by atoms with van der Waals surface area (Å²) in [5.41, 5.74) is 1.26. The Morgan fingerprint density at radius 2 is 1.90 bits per heavy atom. The summed E-state index contributed by atoms with van der Waals surface area (Å²) in [6, 6.07) is 12.3. The number of carbonyl (C=O) groups excluding carboxylic acids is 1. The maximum atomic E-state index is 13.9. The van der Waals surface area contributed by atoms with E-state index in [1.807, 2.05) is 0 Å². The SMILES string of the molecule is O=C(Nc1cccc(-c2nnco2)c1)C1CCN(S(=O)(=O)c2ccccc2F)CC1. The smallest absolute Gasteiger partial charge is 0.247 e. The molecule has 1 aliphatic rings. The van der Waals surface area contributed by atoms with Crippen LogP contribution in [0.2, 0.25) is 0 Å². The summed E-state index contributed by atoms with van der Waals surface area (Å²) in [6.07, 6.45) is 1.93. The summed E-state index contributed by atoms with van der Waals surface area (Å²) in [4.78, 5) is 12.3. The molecule has 1 N–H and O–H groups in total. The molecule has 1 saturated heterocycles. The molecule has 0 unspecified atom stereocenters. The maximum Gasteiger partial charge on any atom is 0.247 e. The van der Waals surface area contributed by atoms with Crippen molar-refractivity contribution in [2.75, 3.05) is 18.4 Å². The Labute approximate surface area is 172 Å². The molecule has 8 nitrogen and oxygen atoms in total. The molecule has 30 heavy (non-hydrogen) atoms. The van der Waals surface area contributed by atoms with Gasteiger partial charge in [-0.25, -0.2) is 12.8 Å². The van der Waals surface area contributed by atoms with E-state index < -0.39 is 15.8 Å². The summed E-state index contributed by atoms with van der Waals surface area (Å²) >= 11 is 0. The molecular formula is C20H19FN4O4S. The Bertz CT molecular complexity index is 1140. The average molecular weight is 430 g/mol. The van der Waals surface area contributed by atoms with E-state index in [9.17, 15) is 17.6 Å². The van der Waals surface area contributed by atoms with E-state index in [1.165, 1.54) is 28.9 Å². The fourth-order valence-corrected chi connectivity index (χ4v) is 4.96. The summed E-state index contributed by atoms with van der Waals surface area (Å²) in [5.74, 6) is -0.971. The molecule has 1 aliphatic heterocycles. The molecule has 156 valence electrons. The van der Waals surface area contributed by atoms with Gasteiger partial charge in [0.05, 0.1) is 0 Å². The molecule has 0 aliphatic carbocycles. The Morgan fingerprint density at radius 1 is 1.13 bits per heavy atom. The van der Waals surface area contributed by atoms with Crippen molar-refractivity contribution >= 4 is 21.6 Å². The fourth-order valence-electron chi connectivity index (χ4n) is 3.42. The predicted octanol–water partition coefficient (Wildman–Crippen LogP) is 2.92. The van der Waals surface area contributed by atoms with E-state index in [1.54, 1.807) is 24.3 Å². The van der Waals surface area contributed by atoms with Crippen LogP contribution in [0.5, 0.6) is 0 Å². The molecule has 0 bridgehead atoms. The molecule has 0 radical (unpaired) electrons. The minimum absolute atomic E-state index is 0.150. The van der Waals surface area contributed by atoms with Crippen LogP contribution in [0.3, 0.4) is 0 Å². The van der Waals surface area contributed by atoms with Crippen LogP contribution >= 0.6 is 0 Å². The normalized spacial score (nSPS) is 15.8. The van der Waals surface area contributed by atoms with E-state index in [0.29, 0.717) is 30.0 Å². The first-order valence-electron chi connectivity index (χ1n) is 9.37. The van der Waals surface area contributed by atoms with E-state index in [2.05, 4.69) is 15.5 Å². The van der Waals surface area contributed by atoms with Gasteiger partial charge < -0.3 is 9.73 Å². The minimum Gasteiger partial charge on any atom is -0.423 e. The van der Waals surface area contributed by atoms with Crippen LogP contribution < -0.4 is 5.32 Å². The number of hydrogen-bond donors (Lipinski definition) is 1. The molecule has 4 rings (SSSR count). The van der Waals surface area contributed by atoms with Gasteiger partial charge in [0, 0.05) is 30.3 Å². The van der Waals surface area contributed by atoms with Crippen LogP contribution in [0.25, 0.3) is 11.5 Å². The molecule has 10 heteroatoms. The van der Waals surface area contributed by atoms with Gasteiger partial charge in [0.1, 0.15) is 10.7 Å². The first-order chi connectivity index (χ1) is 14.4. The Balaban J connectivity index is 1.39. The number of carbonyl (C=O) groups is 1. The van der Waals surface area contributed by atoms with Crippen LogP contribution in [0.1, 0.15) is 12.8 Å². The van der Waals surface area contributed by atoms with E-state index in [0.717, 1.165) is 6.07 Å². The number of nitrogens with one attached hydrogen (secondary N) is 1. The number of sulfonamides is 1. The molecule has 0 atom stereocenters. The van der Waals surface area contributed by atoms with Gasteiger partial charge in [0.15, 0.2) is 0 Å². The van der Waals surface area contributed by atoms with Gasteiger partial charge in [-0.05, 0) is 43.2 Å². The third-order valence-corrected chi connectivity index (χ3v) is 6.95. The highest BCUT2D eigenvalue weighted by atomic mass is 32.2. The zero-order valence-corrected chi connectivity index (χ0v) is 16.7. The molecule has 2 heterocycles. The van der Waals surface area contributed by atoms with Crippen molar-refractivity contribution in [2.24, 2.45) is 5.92 Å². The standard InChI is InChI=1S/C20H19FN4O4S/c21-17-6-1-2-7-18(17)30(27,28)25-10-8-14(9-11-25)19(26)23-16-5-3-4-15(12-16)20-24-22-13-29-20/h1-7,12-14H,8-11H2,(H,23,26). The van der Waals surface area contributed by atoms with Crippen molar-refractivity contribution in [3.8, 4) is 11.5 Å². The Morgan fingerprint density at radius 3 is 2.60 bits per heavy atom. The highest BCUT2D eigenvalue weighted by Crippen LogP contribution is 2.27. The van der Waals surface area contributed by atoms with Crippen molar-refractivity contribution in [1.82, 2.24) is 14.5 Å². The zero-order chi connectivity index (χ0) is 21.1. The third kappa shape index (κ3) is 4.10. The molecule has 0 saturated carbocycles. The van der Waals surface area contributed by atoms with E-state index in [4.69, 9.17) is 4.42 Å². The lowest BCUT2D eigenvalue weighted by molar-refractivity contribution is -0.120. The number of nitrogens with zero attached hydrogens (tertiary/aromatic N) is 3. The number of anilines is 1. The van der Waals surface area contributed by atoms with Crippen LogP contribution in [-0.2, 0) is 14.8 Å². The number of benzene rings is 2. The van der Waals surface area contributed by atoms with Gasteiger partial charge >= 0.3 is 0 Å². The lowest BCUT2D eigenvalue weighted by Gasteiger charge is -2.30. The van der Waals surface area contributed by atoms with Crippen molar-refractivity contribution in [3.05, 3.63) is 60.7 Å². The summed E-state index contributed by atoms with van der Waals surface area (Å²) in [5, 5.41) is 10.3. The fraction of sp³-hybridized carbons (Fsp3) is 0.250. The molecule has 0 spiro atoms. The summed E-state index contributed by atoms with van der Waals surface area (Å²) < 4.78 is 45.7. The second kappa shape index (κ2) is 8.33. The predicted molar refractivity (Wildman–Crippen MR) is 106 cm³/mol. The first kappa shape index (κ1) is 20.2. The van der Waals surface area contributed by atoms with Crippen LogP contribution in [0.4, 0.5) is 10.1 Å². The Hall–Kier alpha value is -3.11. The zero-order valence-electron chi connectivity index (χ0n) is 15.9.